The van der Waals surface area contributed by atoms with Gasteiger partial charge in [0.15, 0.2) is 5.96 Å². The van der Waals surface area contributed by atoms with Crippen LogP contribution >= 0.6 is 35.3 Å². The van der Waals surface area contributed by atoms with Gasteiger partial charge in [-0.3, -0.25) is 9.56 Å². The number of guanidine groups is 1. The first-order valence-corrected chi connectivity index (χ1v) is 11.0. The Morgan fingerprint density at radius 2 is 2.07 bits per heavy atom. The van der Waals surface area contributed by atoms with Gasteiger partial charge in [-0.15, -0.1) is 35.3 Å². The van der Waals surface area contributed by atoms with Crippen LogP contribution in [0.25, 0.3) is 0 Å². The molecule has 2 aromatic heterocycles. The molecule has 0 amide bonds. The van der Waals surface area contributed by atoms with Gasteiger partial charge in [0, 0.05) is 59.3 Å². The number of aliphatic imine (C=N–C) groups is 1. The number of thiophene rings is 1. The summed E-state index contributed by atoms with van der Waals surface area (Å²) in [4.78, 5) is 21.6. The summed E-state index contributed by atoms with van der Waals surface area (Å²) in [7, 11) is 1.84. The lowest BCUT2D eigenvalue weighted by atomic mass is 10.2. The van der Waals surface area contributed by atoms with Crippen LogP contribution < -0.4 is 15.9 Å². The molecule has 8 nitrogen and oxygen atoms in total. The highest BCUT2D eigenvalue weighted by molar-refractivity contribution is 14.0. The molecule has 2 aliphatic rings. The number of aryl methyl sites for hydroxylation is 2. The number of hydrogen-bond donors (Lipinski definition) is 1. The summed E-state index contributed by atoms with van der Waals surface area (Å²) in [5.74, 6) is 1.89. The first-order valence-electron chi connectivity index (χ1n) is 10.2. The molecule has 0 aromatic carbocycles. The molecular formula is C19H30IN7OS. The van der Waals surface area contributed by atoms with Gasteiger partial charge in [0.2, 0.25) is 0 Å². The quantitative estimate of drug-likeness (QED) is 0.276. The second-order valence-corrected chi connectivity index (χ2v) is 8.21. The maximum Gasteiger partial charge on any atom is 0.345 e. The molecule has 0 spiro atoms. The Balaban J connectivity index is 0.00000240. The van der Waals surface area contributed by atoms with Gasteiger partial charge in [0.25, 0.3) is 0 Å². The summed E-state index contributed by atoms with van der Waals surface area (Å²) < 4.78 is 3.47. The van der Waals surface area contributed by atoms with Gasteiger partial charge < -0.3 is 15.1 Å². The normalized spacial score (nSPS) is 17.1. The molecule has 4 rings (SSSR count). The van der Waals surface area contributed by atoms with Gasteiger partial charge in [-0.25, -0.2) is 9.48 Å². The van der Waals surface area contributed by atoms with Gasteiger partial charge in [-0.05, 0) is 36.8 Å². The van der Waals surface area contributed by atoms with Crippen LogP contribution in [0.1, 0.15) is 25.1 Å². The van der Waals surface area contributed by atoms with Gasteiger partial charge >= 0.3 is 5.69 Å². The number of anilines is 1. The van der Waals surface area contributed by atoms with Crippen molar-refractivity contribution in [2.75, 3.05) is 44.7 Å². The van der Waals surface area contributed by atoms with Crippen molar-refractivity contribution >= 4 is 46.3 Å². The highest BCUT2D eigenvalue weighted by Gasteiger charge is 2.20. The van der Waals surface area contributed by atoms with E-state index in [0.29, 0.717) is 6.54 Å². The number of aromatic nitrogens is 3. The maximum atomic E-state index is 12.4. The fourth-order valence-electron chi connectivity index (χ4n) is 3.94. The van der Waals surface area contributed by atoms with Crippen molar-refractivity contribution in [3.05, 3.63) is 33.8 Å². The van der Waals surface area contributed by atoms with Crippen LogP contribution in [0.4, 0.5) is 5.00 Å². The largest absolute Gasteiger partial charge is 0.360 e. The van der Waals surface area contributed by atoms with E-state index in [9.17, 15) is 4.79 Å². The third-order valence-corrected chi connectivity index (χ3v) is 6.40. The lowest BCUT2D eigenvalue weighted by Gasteiger charge is -2.37. The minimum absolute atomic E-state index is 0. The first-order chi connectivity index (χ1) is 13.8. The highest BCUT2D eigenvalue weighted by atomic mass is 127. The van der Waals surface area contributed by atoms with E-state index >= 15 is 0 Å². The molecule has 0 atom stereocenters. The third-order valence-electron chi connectivity index (χ3n) is 5.47. The zero-order valence-electron chi connectivity index (χ0n) is 16.9. The summed E-state index contributed by atoms with van der Waals surface area (Å²) in [6.07, 6.45) is 3.99. The lowest BCUT2D eigenvalue weighted by molar-refractivity contribution is 0.372. The number of nitrogens with one attached hydrogen (secondary N) is 1. The van der Waals surface area contributed by atoms with E-state index in [-0.39, 0.29) is 29.7 Å². The van der Waals surface area contributed by atoms with Crippen molar-refractivity contribution < 1.29 is 0 Å². The zero-order chi connectivity index (χ0) is 19.3. The van der Waals surface area contributed by atoms with Crippen molar-refractivity contribution in [1.29, 1.82) is 0 Å². The molecule has 0 radical (unpaired) electrons. The fourth-order valence-corrected chi connectivity index (χ4v) is 4.73. The van der Waals surface area contributed by atoms with Crippen molar-refractivity contribution in [2.45, 2.75) is 38.8 Å². The monoisotopic (exact) mass is 531 g/mol. The van der Waals surface area contributed by atoms with Crippen molar-refractivity contribution in [1.82, 2.24) is 24.6 Å². The zero-order valence-corrected chi connectivity index (χ0v) is 20.1. The Labute approximate surface area is 192 Å². The van der Waals surface area contributed by atoms with Crippen molar-refractivity contribution in [2.24, 2.45) is 4.99 Å². The number of piperazine rings is 1. The number of nitrogens with zero attached hydrogens (tertiary/aromatic N) is 6. The standard InChI is InChI=1S/C19H29N7OS.HI/c1-20-18(24-13-11-23(12-14-24)17-7-4-15-28-17)21-8-5-10-26-19(27)25-9-3-2-6-16(25)22-26;/h4,7,15H,2-3,5-6,8-14H2,1H3,(H,20,21);1H. The molecule has 0 unspecified atom stereocenters. The Bertz CT molecular complexity index is 853. The second-order valence-electron chi connectivity index (χ2n) is 7.28. The number of fused-ring (bicyclic) bond motifs is 1. The molecule has 1 saturated heterocycles. The van der Waals surface area contributed by atoms with Crippen LogP contribution in [0.2, 0.25) is 0 Å². The van der Waals surface area contributed by atoms with E-state index in [0.717, 1.165) is 76.7 Å². The van der Waals surface area contributed by atoms with Crippen LogP contribution in [0.15, 0.2) is 27.3 Å². The highest BCUT2D eigenvalue weighted by Crippen LogP contribution is 2.22. The van der Waals surface area contributed by atoms with Crippen molar-refractivity contribution in [3.8, 4) is 0 Å². The Morgan fingerprint density at radius 1 is 1.24 bits per heavy atom. The molecular weight excluding hydrogens is 501 g/mol. The van der Waals surface area contributed by atoms with E-state index in [4.69, 9.17) is 0 Å². The molecule has 1 fully saturated rings. The molecule has 10 heteroatoms. The molecule has 0 aliphatic carbocycles. The number of hydrogen-bond acceptors (Lipinski definition) is 5. The average Bonchev–Trinajstić information content (AvgIpc) is 3.38. The summed E-state index contributed by atoms with van der Waals surface area (Å²) in [6, 6.07) is 4.29. The van der Waals surface area contributed by atoms with Crippen LogP contribution in [0.5, 0.6) is 0 Å². The predicted molar refractivity (Wildman–Crippen MR) is 129 cm³/mol. The van der Waals surface area contributed by atoms with Crippen LogP contribution in [-0.4, -0.2) is 65.0 Å². The molecule has 160 valence electrons. The molecule has 0 saturated carbocycles. The first kappa shape index (κ1) is 22.1. The Morgan fingerprint density at radius 3 is 2.76 bits per heavy atom. The minimum Gasteiger partial charge on any atom is -0.360 e. The van der Waals surface area contributed by atoms with E-state index in [1.54, 1.807) is 16.0 Å². The molecule has 2 aliphatic heterocycles. The Hall–Kier alpha value is -1.56. The van der Waals surface area contributed by atoms with Gasteiger partial charge in [-0.1, -0.05) is 0 Å². The van der Waals surface area contributed by atoms with Crippen LogP contribution in [-0.2, 0) is 19.5 Å². The summed E-state index contributed by atoms with van der Waals surface area (Å²) in [6.45, 7) is 6.20. The van der Waals surface area contributed by atoms with Crippen LogP contribution in [0.3, 0.4) is 0 Å². The summed E-state index contributed by atoms with van der Waals surface area (Å²) in [5, 5.41) is 11.4. The lowest BCUT2D eigenvalue weighted by Crippen LogP contribution is -2.52. The second kappa shape index (κ2) is 10.5. The van der Waals surface area contributed by atoms with E-state index < -0.39 is 0 Å². The molecule has 29 heavy (non-hydrogen) atoms. The predicted octanol–water partition coefficient (Wildman–Crippen LogP) is 1.85. The smallest absolute Gasteiger partial charge is 0.345 e. The van der Waals surface area contributed by atoms with E-state index in [1.807, 2.05) is 11.6 Å². The number of halogens is 1. The summed E-state index contributed by atoms with van der Waals surface area (Å²) >= 11 is 1.80. The average molecular weight is 531 g/mol. The minimum atomic E-state index is 0. The van der Waals surface area contributed by atoms with Gasteiger partial charge in [0.05, 0.1) is 5.00 Å². The van der Waals surface area contributed by atoms with Crippen molar-refractivity contribution in [3.63, 3.8) is 0 Å². The maximum absolute atomic E-state index is 12.4. The summed E-state index contributed by atoms with van der Waals surface area (Å²) in [5.41, 5.74) is 0.0452. The molecule has 1 N–H and O–H groups in total. The van der Waals surface area contributed by atoms with Crippen LogP contribution in [0, 0.1) is 0 Å². The molecule has 0 bridgehead atoms. The van der Waals surface area contributed by atoms with E-state index in [1.165, 1.54) is 5.00 Å². The van der Waals surface area contributed by atoms with Gasteiger partial charge in [-0.2, -0.15) is 5.10 Å². The Kier molecular flexibility index (Phi) is 7.99. The topological polar surface area (TPSA) is 70.7 Å². The van der Waals surface area contributed by atoms with E-state index in [2.05, 4.69) is 42.7 Å². The molecule has 2 aromatic rings. The molecule has 4 heterocycles. The van der Waals surface area contributed by atoms with Gasteiger partial charge in [0.1, 0.15) is 5.82 Å². The third kappa shape index (κ3) is 5.14. The number of rotatable bonds is 5. The SMILES string of the molecule is CN=C(NCCCn1nc2n(c1=O)CCCC2)N1CCN(c2cccs2)CC1.I. The fraction of sp³-hybridized carbons (Fsp3) is 0.632.